The number of benzene rings is 1. The van der Waals surface area contributed by atoms with E-state index in [9.17, 15) is 0 Å². The van der Waals surface area contributed by atoms with Gasteiger partial charge in [-0.1, -0.05) is 32.3 Å². The van der Waals surface area contributed by atoms with E-state index in [4.69, 9.17) is 0 Å². The summed E-state index contributed by atoms with van der Waals surface area (Å²) >= 11 is 3.79. The average molecular weight is 351 g/mol. The van der Waals surface area contributed by atoms with Crippen LogP contribution in [0.15, 0.2) is 22.7 Å². The van der Waals surface area contributed by atoms with Gasteiger partial charge in [-0.3, -0.25) is 0 Å². The molecule has 2 nitrogen and oxygen atoms in total. The third-order valence-electron chi connectivity index (χ3n) is 5.22. The Morgan fingerprint density at radius 1 is 1.19 bits per heavy atom. The van der Waals surface area contributed by atoms with Crippen LogP contribution in [-0.4, -0.2) is 19.6 Å². The summed E-state index contributed by atoms with van der Waals surface area (Å²) in [6.45, 7) is 6.62. The molecule has 2 aliphatic rings. The fraction of sp³-hybridized carbons (Fsp3) is 0.667. The molecule has 0 amide bonds. The molecule has 0 radical (unpaired) electrons. The molecule has 116 valence electrons. The van der Waals surface area contributed by atoms with Crippen molar-refractivity contribution in [1.29, 1.82) is 0 Å². The molecule has 1 heterocycles. The summed E-state index contributed by atoms with van der Waals surface area (Å²) in [7, 11) is 0. The van der Waals surface area contributed by atoms with E-state index in [1.807, 2.05) is 0 Å². The molecule has 3 heteroatoms. The predicted octanol–water partition coefficient (Wildman–Crippen LogP) is 4.58. The first kappa shape index (κ1) is 15.4. The fourth-order valence-corrected chi connectivity index (χ4v) is 4.68. The maximum Gasteiger partial charge on any atom is 0.0510 e. The first-order chi connectivity index (χ1) is 10.3. The largest absolute Gasteiger partial charge is 0.370 e. The van der Waals surface area contributed by atoms with Crippen LogP contribution in [0.5, 0.6) is 0 Å². The molecule has 1 aromatic carbocycles. The molecule has 1 N–H and O–H groups in total. The van der Waals surface area contributed by atoms with Crippen molar-refractivity contribution < 1.29 is 0 Å². The van der Waals surface area contributed by atoms with E-state index in [-0.39, 0.29) is 0 Å². The van der Waals surface area contributed by atoms with Crippen LogP contribution in [0.4, 0.5) is 5.69 Å². The molecule has 3 rings (SSSR count). The van der Waals surface area contributed by atoms with Gasteiger partial charge < -0.3 is 10.2 Å². The zero-order chi connectivity index (χ0) is 14.7. The van der Waals surface area contributed by atoms with Crippen LogP contribution >= 0.6 is 15.9 Å². The van der Waals surface area contributed by atoms with E-state index < -0.39 is 0 Å². The average Bonchev–Trinajstić information content (AvgIpc) is 2.52. The number of hydrogen-bond acceptors (Lipinski definition) is 2. The van der Waals surface area contributed by atoms with Crippen LogP contribution in [0.2, 0.25) is 0 Å². The highest BCUT2D eigenvalue weighted by atomic mass is 79.9. The molecule has 2 atom stereocenters. The molecule has 1 saturated carbocycles. The highest BCUT2D eigenvalue weighted by Gasteiger charge is 2.31. The lowest BCUT2D eigenvalue weighted by Gasteiger charge is -2.42. The standard InChI is InChI=1S/C18H27BrN2/c1-2-20-12-14-7-8-18(17(19)11-14)21-10-9-15-5-3-4-6-16(15)13-21/h7-8,11,15-16,20H,2-6,9-10,12-13H2,1H3. The lowest BCUT2D eigenvalue weighted by molar-refractivity contribution is 0.202. The van der Waals surface area contributed by atoms with Crippen molar-refractivity contribution in [3.8, 4) is 0 Å². The molecule has 1 saturated heterocycles. The Kier molecular flexibility index (Phi) is 5.23. The molecule has 21 heavy (non-hydrogen) atoms. The van der Waals surface area contributed by atoms with Crippen molar-refractivity contribution in [2.75, 3.05) is 24.5 Å². The Morgan fingerprint density at radius 3 is 2.76 bits per heavy atom. The van der Waals surface area contributed by atoms with Crippen molar-refractivity contribution in [2.45, 2.75) is 45.6 Å². The van der Waals surface area contributed by atoms with Gasteiger partial charge in [0.1, 0.15) is 0 Å². The van der Waals surface area contributed by atoms with Crippen LogP contribution in [0.1, 0.15) is 44.6 Å². The van der Waals surface area contributed by atoms with Gasteiger partial charge in [-0.2, -0.15) is 0 Å². The number of piperidine rings is 1. The maximum atomic E-state index is 3.79. The van der Waals surface area contributed by atoms with Gasteiger partial charge in [0.2, 0.25) is 0 Å². The van der Waals surface area contributed by atoms with E-state index in [2.05, 4.69) is 51.3 Å². The molecule has 1 aliphatic heterocycles. The minimum Gasteiger partial charge on any atom is -0.370 e. The van der Waals surface area contributed by atoms with E-state index >= 15 is 0 Å². The lowest BCUT2D eigenvalue weighted by Crippen LogP contribution is -2.42. The molecule has 0 aromatic heterocycles. The number of rotatable bonds is 4. The van der Waals surface area contributed by atoms with Gasteiger partial charge in [0, 0.05) is 24.1 Å². The number of nitrogens with zero attached hydrogens (tertiary/aromatic N) is 1. The molecule has 0 bridgehead atoms. The molecular weight excluding hydrogens is 324 g/mol. The van der Waals surface area contributed by atoms with E-state index in [0.717, 1.165) is 24.9 Å². The van der Waals surface area contributed by atoms with Crippen molar-refractivity contribution >= 4 is 21.6 Å². The van der Waals surface area contributed by atoms with E-state index in [1.165, 1.54) is 60.9 Å². The molecule has 1 aromatic rings. The topological polar surface area (TPSA) is 15.3 Å². The lowest BCUT2D eigenvalue weighted by atomic mass is 9.75. The number of fused-ring (bicyclic) bond motifs is 1. The summed E-state index contributed by atoms with van der Waals surface area (Å²) in [6, 6.07) is 6.86. The second-order valence-electron chi connectivity index (χ2n) is 6.61. The normalized spacial score (nSPS) is 25.7. The second-order valence-corrected chi connectivity index (χ2v) is 7.46. The zero-order valence-corrected chi connectivity index (χ0v) is 14.7. The predicted molar refractivity (Wildman–Crippen MR) is 93.8 cm³/mol. The first-order valence-corrected chi connectivity index (χ1v) is 9.31. The van der Waals surface area contributed by atoms with Crippen molar-refractivity contribution in [3.63, 3.8) is 0 Å². The quantitative estimate of drug-likeness (QED) is 0.855. The minimum atomic E-state index is 0.931. The van der Waals surface area contributed by atoms with Gasteiger partial charge in [-0.15, -0.1) is 0 Å². The van der Waals surface area contributed by atoms with Crippen LogP contribution in [-0.2, 0) is 6.54 Å². The number of nitrogens with one attached hydrogen (secondary N) is 1. The van der Waals surface area contributed by atoms with Crippen LogP contribution in [0.25, 0.3) is 0 Å². The second kappa shape index (κ2) is 7.15. The summed E-state index contributed by atoms with van der Waals surface area (Å²) in [6.07, 6.45) is 7.20. The Morgan fingerprint density at radius 2 is 2.00 bits per heavy atom. The molecule has 0 spiro atoms. The fourth-order valence-electron chi connectivity index (χ4n) is 4.01. The molecule has 2 fully saturated rings. The Labute approximate surface area is 137 Å². The van der Waals surface area contributed by atoms with Crippen molar-refractivity contribution in [2.24, 2.45) is 11.8 Å². The van der Waals surface area contributed by atoms with Crippen LogP contribution in [0.3, 0.4) is 0 Å². The van der Waals surface area contributed by atoms with Gasteiger partial charge in [0.05, 0.1) is 5.69 Å². The van der Waals surface area contributed by atoms with Gasteiger partial charge in [-0.25, -0.2) is 0 Å². The molecule has 2 unspecified atom stereocenters. The van der Waals surface area contributed by atoms with E-state index in [0.29, 0.717) is 0 Å². The van der Waals surface area contributed by atoms with Gasteiger partial charge in [0.15, 0.2) is 0 Å². The van der Waals surface area contributed by atoms with Gasteiger partial charge in [-0.05, 0) is 64.8 Å². The highest BCUT2D eigenvalue weighted by Crippen LogP contribution is 2.39. The van der Waals surface area contributed by atoms with Crippen LogP contribution < -0.4 is 10.2 Å². The van der Waals surface area contributed by atoms with Crippen LogP contribution in [0, 0.1) is 11.8 Å². The van der Waals surface area contributed by atoms with E-state index in [1.54, 1.807) is 0 Å². The zero-order valence-electron chi connectivity index (χ0n) is 13.1. The van der Waals surface area contributed by atoms with Gasteiger partial charge in [0.25, 0.3) is 0 Å². The molecule has 1 aliphatic carbocycles. The third kappa shape index (κ3) is 3.62. The smallest absolute Gasteiger partial charge is 0.0510 e. The number of anilines is 1. The summed E-state index contributed by atoms with van der Waals surface area (Å²) < 4.78 is 1.26. The SMILES string of the molecule is CCNCc1ccc(N2CCC3CCCCC3C2)c(Br)c1. The van der Waals surface area contributed by atoms with Crippen molar-refractivity contribution in [3.05, 3.63) is 28.2 Å². The third-order valence-corrected chi connectivity index (χ3v) is 5.86. The number of hydrogen-bond donors (Lipinski definition) is 1. The molecular formula is C18H27BrN2. The Bertz CT molecular complexity index is 474. The summed E-state index contributed by atoms with van der Waals surface area (Å²) in [5.41, 5.74) is 2.75. The maximum absolute atomic E-state index is 3.79. The summed E-state index contributed by atoms with van der Waals surface area (Å²) in [5.74, 6) is 1.93. The highest BCUT2D eigenvalue weighted by molar-refractivity contribution is 9.10. The Balaban J connectivity index is 1.68. The minimum absolute atomic E-state index is 0.931. The Hall–Kier alpha value is -0.540. The summed E-state index contributed by atoms with van der Waals surface area (Å²) in [5, 5.41) is 3.39. The first-order valence-electron chi connectivity index (χ1n) is 8.52. The summed E-state index contributed by atoms with van der Waals surface area (Å²) in [4.78, 5) is 2.60. The number of halogens is 1. The van der Waals surface area contributed by atoms with Crippen molar-refractivity contribution in [1.82, 2.24) is 5.32 Å². The monoisotopic (exact) mass is 350 g/mol. The van der Waals surface area contributed by atoms with Gasteiger partial charge >= 0.3 is 0 Å².